The van der Waals surface area contributed by atoms with Crippen LogP contribution >= 0.6 is 0 Å². The maximum atomic E-state index is 4.37. The van der Waals surface area contributed by atoms with Gasteiger partial charge in [0.15, 0.2) is 0 Å². The van der Waals surface area contributed by atoms with Gasteiger partial charge in [-0.15, -0.1) is 0 Å². The molecule has 4 rings (SSSR count). The molecule has 0 saturated heterocycles. The Morgan fingerprint density at radius 3 is 2.00 bits per heavy atom. The van der Waals surface area contributed by atoms with Gasteiger partial charge in [-0.05, 0) is 54.3 Å². The third kappa shape index (κ3) is 3.42. The number of allylic oxidation sites excluding steroid dienone is 3. The van der Waals surface area contributed by atoms with E-state index in [1.54, 1.807) is 0 Å². The average molecular weight is 339 g/mol. The second-order valence-corrected chi connectivity index (χ2v) is 6.29. The first-order chi connectivity index (χ1) is 12.9. The van der Waals surface area contributed by atoms with Gasteiger partial charge in [0.1, 0.15) is 0 Å². The summed E-state index contributed by atoms with van der Waals surface area (Å²) in [7, 11) is 0. The first kappa shape index (κ1) is 16.3. The highest BCUT2D eigenvalue weighted by atomic mass is 15.2. The topological polar surface area (TPSA) is 29.0 Å². The van der Waals surface area contributed by atoms with Gasteiger partial charge in [-0.2, -0.15) is 0 Å². The van der Waals surface area contributed by atoms with Crippen LogP contribution in [0, 0.1) is 0 Å². The Morgan fingerprint density at radius 1 is 0.769 bits per heavy atom. The highest BCUT2D eigenvalue weighted by Crippen LogP contribution is 2.36. The van der Waals surface area contributed by atoms with Gasteiger partial charge in [-0.25, -0.2) is 0 Å². The summed E-state index contributed by atoms with van der Waals surface area (Å²) in [5.74, 6) is 0. The molecule has 128 valence electrons. The van der Waals surface area contributed by atoms with Gasteiger partial charge in [0, 0.05) is 36.2 Å². The maximum absolute atomic E-state index is 4.37. The first-order valence-electron chi connectivity index (χ1n) is 8.94. The molecule has 1 aromatic carbocycles. The molecule has 0 saturated carbocycles. The van der Waals surface area contributed by atoms with Crippen LogP contribution in [0.15, 0.2) is 103 Å². The van der Waals surface area contributed by atoms with Crippen LogP contribution in [0.4, 0.5) is 5.69 Å². The molecule has 2 aromatic heterocycles. The largest absolute Gasteiger partial charge is 0.330 e. The molecule has 1 aliphatic rings. The molecule has 3 heteroatoms. The van der Waals surface area contributed by atoms with Crippen molar-refractivity contribution in [2.45, 2.75) is 18.9 Å². The summed E-state index contributed by atoms with van der Waals surface area (Å²) in [6.45, 7) is 0. The van der Waals surface area contributed by atoms with E-state index in [4.69, 9.17) is 0 Å². The Kier molecular flexibility index (Phi) is 4.88. The van der Waals surface area contributed by atoms with Crippen molar-refractivity contribution in [2.75, 3.05) is 4.90 Å². The van der Waals surface area contributed by atoms with Gasteiger partial charge in [0.25, 0.3) is 0 Å². The number of anilines is 1. The number of pyridine rings is 2. The first-order valence-corrected chi connectivity index (χ1v) is 8.94. The van der Waals surface area contributed by atoms with E-state index in [1.165, 1.54) is 5.70 Å². The summed E-state index contributed by atoms with van der Waals surface area (Å²) in [5, 5.41) is 0. The van der Waals surface area contributed by atoms with Crippen LogP contribution in [0.2, 0.25) is 0 Å². The summed E-state index contributed by atoms with van der Waals surface area (Å²) in [6.07, 6.45) is 16.4. The standard InChI is InChI=1S/C23H21N3/c1-3-11-21(12-4-1)26(22-13-5-2-6-14-22)23(19-9-7-15-24-17-19)20-10-8-16-25-18-20/h1,3-5,7-18,23H,2,6H2. The number of benzene rings is 1. The second-order valence-electron chi connectivity index (χ2n) is 6.29. The fraction of sp³-hybridized carbons (Fsp3) is 0.130. The lowest BCUT2D eigenvalue weighted by Crippen LogP contribution is -2.29. The minimum absolute atomic E-state index is 0.00815. The average Bonchev–Trinajstić information content (AvgIpc) is 2.74. The Labute approximate surface area is 154 Å². The molecule has 26 heavy (non-hydrogen) atoms. The van der Waals surface area contributed by atoms with Crippen LogP contribution in [0.3, 0.4) is 0 Å². The number of rotatable bonds is 5. The molecule has 3 aromatic rings. The zero-order valence-corrected chi connectivity index (χ0v) is 14.6. The molecule has 2 heterocycles. The minimum atomic E-state index is 0.00815. The smallest absolute Gasteiger partial charge is 0.0874 e. The fourth-order valence-corrected chi connectivity index (χ4v) is 3.38. The summed E-state index contributed by atoms with van der Waals surface area (Å²) in [5.41, 5.74) is 4.65. The number of hydrogen-bond donors (Lipinski definition) is 0. The Morgan fingerprint density at radius 2 is 1.46 bits per heavy atom. The lowest BCUT2D eigenvalue weighted by molar-refractivity contribution is 0.773. The van der Waals surface area contributed by atoms with Crippen molar-refractivity contribution in [1.29, 1.82) is 0 Å². The second kappa shape index (κ2) is 7.79. The monoisotopic (exact) mass is 339 g/mol. The molecule has 0 aliphatic heterocycles. The van der Waals surface area contributed by atoms with E-state index in [0.29, 0.717) is 0 Å². The van der Waals surface area contributed by atoms with Crippen molar-refractivity contribution in [1.82, 2.24) is 9.97 Å². The molecule has 0 atom stereocenters. The predicted molar refractivity (Wildman–Crippen MR) is 106 cm³/mol. The van der Waals surface area contributed by atoms with Gasteiger partial charge in [-0.1, -0.05) is 42.5 Å². The molecular formula is C23H21N3. The molecule has 1 aliphatic carbocycles. The van der Waals surface area contributed by atoms with Crippen LogP contribution < -0.4 is 4.90 Å². The highest BCUT2D eigenvalue weighted by Gasteiger charge is 2.25. The number of para-hydroxylation sites is 1. The third-order valence-electron chi connectivity index (χ3n) is 4.55. The molecular weight excluding hydrogens is 318 g/mol. The van der Waals surface area contributed by atoms with Crippen molar-refractivity contribution < 1.29 is 0 Å². The third-order valence-corrected chi connectivity index (χ3v) is 4.55. The molecule has 3 nitrogen and oxygen atoms in total. The van der Waals surface area contributed by atoms with E-state index in [2.05, 4.69) is 75.6 Å². The van der Waals surface area contributed by atoms with Crippen molar-refractivity contribution in [3.8, 4) is 0 Å². The zero-order valence-electron chi connectivity index (χ0n) is 14.6. The van der Waals surface area contributed by atoms with Crippen LogP contribution in [0.1, 0.15) is 30.0 Å². The van der Waals surface area contributed by atoms with Gasteiger partial charge in [0.2, 0.25) is 0 Å². The van der Waals surface area contributed by atoms with Crippen molar-refractivity contribution in [3.05, 3.63) is 114 Å². The van der Waals surface area contributed by atoms with Crippen LogP contribution in [-0.2, 0) is 0 Å². The number of nitrogens with zero attached hydrogens (tertiary/aromatic N) is 3. The Balaban J connectivity index is 1.89. The SMILES string of the molecule is C1=CC(N(c2ccccc2)C(c2cccnc2)c2cccnc2)=CCC1. The highest BCUT2D eigenvalue weighted by molar-refractivity contribution is 5.59. The van der Waals surface area contributed by atoms with E-state index >= 15 is 0 Å². The van der Waals surface area contributed by atoms with Gasteiger partial charge in [0.05, 0.1) is 6.04 Å². The quantitative estimate of drug-likeness (QED) is 0.631. The van der Waals surface area contributed by atoms with Crippen molar-refractivity contribution in [2.24, 2.45) is 0 Å². The molecule has 0 unspecified atom stereocenters. The van der Waals surface area contributed by atoms with E-state index < -0.39 is 0 Å². The van der Waals surface area contributed by atoms with E-state index in [9.17, 15) is 0 Å². The van der Waals surface area contributed by atoms with Crippen molar-refractivity contribution in [3.63, 3.8) is 0 Å². The molecule has 0 fully saturated rings. The lowest BCUT2D eigenvalue weighted by atomic mass is 9.97. The van der Waals surface area contributed by atoms with Gasteiger partial charge < -0.3 is 4.90 Å². The van der Waals surface area contributed by atoms with Crippen LogP contribution in [0.25, 0.3) is 0 Å². The molecule has 0 N–H and O–H groups in total. The lowest BCUT2D eigenvalue weighted by Gasteiger charge is -2.35. The zero-order chi connectivity index (χ0) is 17.6. The molecule has 0 spiro atoms. The maximum Gasteiger partial charge on any atom is 0.0874 e. The predicted octanol–water partition coefficient (Wildman–Crippen LogP) is 5.31. The Bertz CT molecular complexity index is 847. The van der Waals surface area contributed by atoms with Crippen LogP contribution in [-0.4, -0.2) is 9.97 Å². The minimum Gasteiger partial charge on any atom is -0.330 e. The number of aromatic nitrogens is 2. The summed E-state index contributed by atoms with van der Waals surface area (Å²) < 4.78 is 0. The fourth-order valence-electron chi connectivity index (χ4n) is 3.38. The van der Waals surface area contributed by atoms with Crippen molar-refractivity contribution >= 4 is 5.69 Å². The van der Waals surface area contributed by atoms with Gasteiger partial charge >= 0.3 is 0 Å². The molecule has 0 amide bonds. The summed E-state index contributed by atoms with van der Waals surface area (Å²) >= 11 is 0. The summed E-state index contributed by atoms with van der Waals surface area (Å²) in [4.78, 5) is 11.1. The summed E-state index contributed by atoms with van der Waals surface area (Å²) in [6, 6.07) is 18.8. The van der Waals surface area contributed by atoms with E-state index in [0.717, 1.165) is 29.7 Å². The molecule has 0 radical (unpaired) electrons. The Hall–Kier alpha value is -3.20. The normalized spacial score (nSPS) is 13.5. The van der Waals surface area contributed by atoms with Gasteiger partial charge in [-0.3, -0.25) is 9.97 Å². The van der Waals surface area contributed by atoms with Crippen LogP contribution in [0.5, 0.6) is 0 Å². The van der Waals surface area contributed by atoms with E-state index in [-0.39, 0.29) is 6.04 Å². The molecule has 0 bridgehead atoms. The number of hydrogen-bond acceptors (Lipinski definition) is 3. The van der Waals surface area contributed by atoms with E-state index in [1.807, 2.05) is 36.9 Å².